The number of halogens is 1. The van der Waals surface area contributed by atoms with Gasteiger partial charge in [0.1, 0.15) is 0 Å². The molecule has 0 aliphatic carbocycles. The normalized spacial score (nSPS) is 24.3. The van der Waals surface area contributed by atoms with Gasteiger partial charge in [0.25, 0.3) is 0 Å². The Kier molecular flexibility index (Phi) is 4.63. The maximum Gasteiger partial charge on any atom is 0.310 e. The van der Waals surface area contributed by atoms with E-state index in [1.807, 2.05) is 19.1 Å². The number of carbonyl (C=O) groups is 1. The van der Waals surface area contributed by atoms with Gasteiger partial charge in [-0.1, -0.05) is 35.0 Å². The number of piperidine rings is 1. The van der Waals surface area contributed by atoms with Gasteiger partial charge in [-0.05, 0) is 43.5 Å². The largest absolute Gasteiger partial charge is 0.481 e. The number of nitrogens with zero attached hydrogens (tertiary/aromatic N) is 1. The molecular formula is C15H20BrNO2. The zero-order chi connectivity index (χ0) is 13.9. The smallest absolute Gasteiger partial charge is 0.310 e. The lowest BCUT2D eigenvalue weighted by molar-refractivity contribution is -0.153. The Morgan fingerprint density at radius 2 is 2.32 bits per heavy atom. The maximum atomic E-state index is 11.5. The van der Waals surface area contributed by atoms with Crippen molar-refractivity contribution in [2.45, 2.75) is 32.7 Å². The van der Waals surface area contributed by atoms with E-state index in [0.29, 0.717) is 13.0 Å². The molecule has 19 heavy (non-hydrogen) atoms. The van der Waals surface area contributed by atoms with Crippen LogP contribution in [0.4, 0.5) is 0 Å². The molecule has 0 bridgehead atoms. The summed E-state index contributed by atoms with van der Waals surface area (Å²) in [5.41, 5.74) is 0.677. The summed E-state index contributed by atoms with van der Waals surface area (Å²) < 4.78 is 1.07. The molecule has 0 amide bonds. The Balaban J connectivity index is 2.07. The van der Waals surface area contributed by atoms with Crippen molar-refractivity contribution >= 4 is 21.9 Å². The number of aliphatic carboxylic acids is 1. The SMILES string of the molecule is CCC1(C(=O)O)CCCN(Cc2cccc(Br)c2)C1. The van der Waals surface area contributed by atoms with Crippen LogP contribution in [0.25, 0.3) is 0 Å². The van der Waals surface area contributed by atoms with Crippen molar-refractivity contribution in [3.63, 3.8) is 0 Å². The molecule has 0 spiro atoms. The van der Waals surface area contributed by atoms with E-state index in [1.165, 1.54) is 5.56 Å². The summed E-state index contributed by atoms with van der Waals surface area (Å²) in [5.74, 6) is -0.644. The van der Waals surface area contributed by atoms with Crippen LogP contribution in [0, 0.1) is 5.41 Å². The summed E-state index contributed by atoms with van der Waals surface area (Å²) >= 11 is 3.47. The molecule has 1 unspecified atom stereocenters. The molecule has 1 fully saturated rings. The topological polar surface area (TPSA) is 40.5 Å². The van der Waals surface area contributed by atoms with Gasteiger partial charge in [-0.15, -0.1) is 0 Å². The minimum Gasteiger partial charge on any atom is -0.481 e. The van der Waals surface area contributed by atoms with Crippen LogP contribution < -0.4 is 0 Å². The average molecular weight is 326 g/mol. The lowest BCUT2D eigenvalue weighted by Crippen LogP contribution is -2.47. The van der Waals surface area contributed by atoms with Crippen molar-refractivity contribution in [2.24, 2.45) is 5.41 Å². The van der Waals surface area contributed by atoms with Crippen molar-refractivity contribution in [2.75, 3.05) is 13.1 Å². The third-order valence-corrected chi connectivity index (χ3v) is 4.57. The number of benzene rings is 1. The standard InChI is InChI=1S/C15H20BrNO2/c1-2-15(14(18)19)7-4-8-17(11-15)10-12-5-3-6-13(16)9-12/h3,5-6,9H,2,4,7-8,10-11H2,1H3,(H,18,19). The number of rotatable bonds is 4. The predicted molar refractivity (Wildman–Crippen MR) is 79.0 cm³/mol. The van der Waals surface area contributed by atoms with Crippen LogP contribution in [0.2, 0.25) is 0 Å². The summed E-state index contributed by atoms with van der Waals surface area (Å²) in [6.07, 6.45) is 2.47. The molecule has 104 valence electrons. The lowest BCUT2D eigenvalue weighted by Gasteiger charge is -2.39. The van der Waals surface area contributed by atoms with Crippen LogP contribution in [0.15, 0.2) is 28.7 Å². The molecule has 4 heteroatoms. The van der Waals surface area contributed by atoms with E-state index < -0.39 is 11.4 Å². The predicted octanol–water partition coefficient (Wildman–Crippen LogP) is 3.53. The van der Waals surface area contributed by atoms with Gasteiger partial charge in [0.05, 0.1) is 5.41 Å². The second-order valence-corrected chi connectivity index (χ2v) is 6.30. The summed E-state index contributed by atoms with van der Waals surface area (Å²) in [6.45, 7) is 4.46. The molecule has 1 N–H and O–H groups in total. The minimum absolute atomic E-state index is 0.551. The zero-order valence-electron chi connectivity index (χ0n) is 11.2. The first-order valence-electron chi connectivity index (χ1n) is 6.76. The van der Waals surface area contributed by atoms with Crippen molar-refractivity contribution in [1.82, 2.24) is 4.90 Å². The van der Waals surface area contributed by atoms with E-state index in [0.717, 1.165) is 30.4 Å². The number of hydrogen-bond acceptors (Lipinski definition) is 2. The molecule has 1 atom stereocenters. The van der Waals surface area contributed by atoms with Crippen LogP contribution in [-0.4, -0.2) is 29.1 Å². The van der Waals surface area contributed by atoms with E-state index >= 15 is 0 Å². The Labute approximate surface area is 122 Å². The first kappa shape index (κ1) is 14.5. The van der Waals surface area contributed by atoms with Crippen LogP contribution in [0.3, 0.4) is 0 Å². The molecule has 3 nitrogen and oxygen atoms in total. The first-order chi connectivity index (χ1) is 9.05. The van der Waals surface area contributed by atoms with Crippen LogP contribution >= 0.6 is 15.9 Å². The molecule has 0 radical (unpaired) electrons. The lowest BCUT2D eigenvalue weighted by atomic mass is 9.77. The molecule has 2 rings (SSSR count). The molecular weight excluding hydrogens is 306 g/mol. The van der Waals surface area contributed by atoms with Gasteiger partial charge in [-0.25, -0.2) is 0 Å². The molecule has 1 aliphatic rings. The zero-order valence-corrected chi connectivity index (χ0v) is 12.8. The second-order valence-electron chi connectivity index (χ2n) is 5.38. The Hall–Kier alpha value is -0.870. The fourth-order valence-electron chi connectivity index (χ4n) is 2.87. The number of carboxylic acid groups (broad SMARTS) is 1. The van der Waals surface area contributed by atoms with E-state index in [1.54, 1.807) is 0 Å². The molecule has 1 aromatic rings. The highest BCUT2D eigenvalue weighted by Crippen LogP contribution is 2.34. The Morgan fingerprint density at radius 1 is 1.53 bits per heavy atom. The number of carboxylic acids is 1. The molecule has 1 saturated heterocycles. The molecule has 0 aromatic heterocycles. The fourth-order valence-corrected chi connectivity index (χ4v) is 3.32. The summed E-state index contributed by atoms with van der Waals surface area (Å²) in [5, 5.41) is 9.48. The summed E-state index contributed by atoms with van der Waals surface area (Å²) in [4.78, 5) is 13.8. The van der Waals surface area contributed by atoms with Crippen molar-refractivity contribution in [1.29, 1.82) is 0 Å². The molecule has 1 heterocycles. The third kappa shape index (κ3) is 3.37. The molecule has 1 aliphatic heterocycles. The van der Waals surface area contributed by atoms with E-state index in [2.05, 4.69) is 33.0 Å². The average Bonchev–Trinajstić information content (AvgIpc) is 2.38. The quantitative estimate of drug-likeness (QED) is 0.920. The van der Waals surface area contributed by atoms with Gasteiger partial charge in [0.15, 0.2) is 0 Å². The summed E-state index contributed by atoms with van der Waals surface area (Å²) in [6, 6.07) is 8.22. The highest BCUT2D eigenvalue weighted by Gasteiger charge is 2.40. The number of hydrogen-bond donors (Lipinski definition) is 1. The van der Waals surface area contributed by atoms with Gasteiger partial charge in [-0.2, -0.15) is 0 Å². The van der Waals surface area contributed by atoms with Crippen molar-refractivity contribution in [3.8, 4) is 0 Å². The van der Waals surface area contributed by atoms with Gasteiger partial charge in [0, 0.05) is 17.6 Å². The van der Waals surface area contributed by atoms with Gasteiger partial charge >= 0.3 is 5.97 Å². The fraction of sp³-hybridized carbons (Fsp3) is 0.533. The Bertz CT molecular complexity index is 463. The van der Waals surface area contributed by atoms with Gasteiger partial charge in [0.2, 0.25) is 0 Å². The minimum atomic E-state index is -0.644. The molecule has 0 saturated carbocycles. The third-order valence-electron chi connectivity index (χ3n) is 4.08. The number of likely N-dealkylation sites (tertiary alicyclic amines) is 1. The first-order valence-corrected chi connectivity index (χ1v) is 7.55. The van der Waals surface area contributed by atoms with E-state index in [-0.39, 0.29) is 0 Å². The van der Waals surface area contributed by atoms with Crippen molar-refractivity contribution in [3.05, 3.63) is 34.3 Å². The highest BCUT2D eigenvalue weighted by molar-refractivity contribution is 9.10. The van der Waals surface area contributed by atoms with Crippen LogP contribution in [0.5, 0.6) is 0 Å². The van der Waals surface area contributed by atoms with Crippen LogP contribution in [-0.2, 0) is 11.3 Å². The second kappa shape index (κ2) is 6.06. The van der Waals surface area contributed by atoms with E-state index in [9.17, 15) is 9.90 Å². The monoisotopic (exact) mass is 325 g/mol. The van der Waals surface area contributed by atoms with Gasteiger partial charge in [-0.3, -0.25) is 9.69 Å². The van der Waals surface area contributed by atoms with Gasteiger partial charge < -0.3 is 5.11 Å². The maximum absolute atomic E-state index is 11.5. The molecule has 1 aromatic carbocycles. The highest BCUT2D eigenvalue weighted by atomic mass is 79.9. The summed E-state index contributed by atoms with van der Waals surface area (Å²) in [7, 11) is 0. The van der Waals surface area contributed by atoms with E-state index in [4.69, 9.17) is 0 Å². The Morgan fingerprint density at radius 3 is 2.95 bits per heavy atom. The van der Waals surface area contributed by atoms with Crippen LogP contribution in [0.1, 0.15) is 31.7 Å². The van der Waals surface area contributed by atoms with Crippen molar-refractivity contribution < 1.29 is 9.90 Å².